The first-order chi connectivity index (χ1) is 7.90. The molecule has 0 radical (unpaired) electrons. The third-order valence-electron chi connectivity index (χ3n) is 3.04. The maximum absolute atomic E-state index is 12.7. The Kier molecular flexibility index (Phi) is 5.41. The molecule has 0 aliphatic heterocycles. The number of aliphatic hydroxyl groups excluding tert-OH is 1. The molecule has 0 spiro atoms. The molecule has 0 fully saturated rings. The van der Waals surface area contributed by atoms with Gasteiger partial charge in [0.2, 0.25) is 0 Å². The van der Waals surface area contributed by atoms with Crippen LogP contribution in [0, 0.1) is 0 Å². The van der Waals surface area contributed by atoms with Crippen LogP contribution >= 0.6 is 0 Å². The Morgan fingerprint density at radius 1 is 1.24 bits per heavy atom. The van der Waals surface area contributed by atoms with Crippen LogP contribution in [0.1, 0.15) is 11.7 Å². The normalized spacial score (nSPS) is 15.6. The first-order valence-electron chi connectivity index (χ1n) is 5.92. The molecular formula is C13H22FNOSn. The summed E-state index contributed by atoms with van der Waals surface area (Å²) in [4.78, 5) is 7.04. The van der Waals surface area contributed by atoms with E-state index < -0.39 is 37.2 Å². The van der Waals surface area contributed by atoms with E-state index in [9.17, 15) is 9.50 Å². The third-order valence-corrected chi connectivity index (χ3v) is 8.93. The second-order valence-corrected chi connectivity index (χ2v) is 19.9. The summed E-state index contributed by atoms with van der Waals surface area (Å²) in [5.74, 6) is 0. The molecule has 96 valence electrons. The van der Waals surface area contributed by atoms with Crippen molar-refractivity contribution in [3.05, 3.63) is 29.8 Å². The molecule has 2 nitrogen and oxygen atoms in total. The average molecular weight is 346 g/mol. The Bertz CT molecular complexity index is 343. The van der Waals surface area contributed by atoms with E-state index >= 15 is 0 Å². The fourth-order valence-corrected chi connectivity index (χ4v) is 5.06. The Balaban J connectivity index is 2.87. The molecule has 0 saturated carbocycles. The molecule has 0 aromatic heterocycles. The molecule has 1 aromatic carbocycles. The fourth-order valence-electron chi connectivity index (χ4n) is 1.73. The molecule has 0 aliphatic rings. The Morgan fingerprint density at radius 2 is 1.76 bits per heavy atom. The number of halogens is 1. The predicted molar refractivity (Wildman–Crippen MR) is 73.2 cm³/mol. The zero-order chi connectivity index (χ0) is 13.1. The number of likely N-dealkylation sites (N-methyl/N-ethyl adjacent to an activating group) is 1. The number of benzene rings is 1. The molecule has 0 amide bonds. The monoisotopic (exact) mass is 347 g/mol. The topological polar surface area (TPSA) is 32.3 Å². The number of aliphatic hydroxyl groups is 1. The predicted octanol–water partition coefficient (Wildman–Crippen LogP) is 1.82. The van der Waals surface area contributed by atoms with Crippen LogP contribution in [0.5, 0.6) is 0 Å². The van der Waals surface area contributed by atoms with E-state index in [2.05, 4.69) is 32.3 Å². The summed E-state index contributed by atoms with van der Waals surface area (Å²) < 4.78 is 14.1. The van der Waals surface area contributed by atoms with Crippen LogP contribution in [0.3, 0.4) is 0 Å². The van der Waals surface area contributed by atoms with Gasteiger partial charge in [-0.1, -0.05) is 0 Å². The van der Waals surface area contributed by atoms with Gasteiger partial charge in [0.1, 0.15) is 0 Å². The van der Waals surface area contributed by atoms with Gasteiger partial charge in [0.15, 0.2) is 0 Å². The SMILES string of the molecule is CNC(CF)C(O)c1cc[c]([Sn]([CH3])([CH3])[CH3])cc1. The van der Waals surface area contributed by atoms with Gasteiger partial charge in [-0.05, 0) is 0 Å². The standard InChI is InChI=1S/C10H13FNO.3CH3.Sn/c1-12-9(7-11)10(13)8-5-3-2-4-6-8;;;;/h3-6,9-10,12-13H,7H2,1H3;3*1H3;. The van der Waals surface area contributed by atoms with Crippen molar-refractivity contribution in [2.24, 2.45) is 0 Å². The number of rotatable bonds is 5. The maximum atomic E-state index is 12.7. The molecule has 2 N–H and O–H groups in total. The van der Waals surface area contributed by atoms with Crippen molar-refractivity contribution in [2.45, 2.75) is 27.0 Å². The molecule has 0 saturated heterocycles. The average Bonchev–Trinajstić information content (AvgIpc) is 2.29. The summed E-state index contributed by atoms with van der Waals surface area (Å²) in [6.07, 6.45) is -0.783. The number of hydrogen-bond acceptors (Lipinski definition) is 2. The van der Waals surface area contributed by atoms with Gasteiger partial charge >= 0.3 is 107 Å². The Labute approximate surface area is 107 Å². The van der Waals surface area contributed by atoms with E-state index in [0.29, 0.717) is 0 Å². The van der Waals surface area contributed by atoms with Gasteiger partial charge in [-0.2, -0.15) is 0 Å². The molecular weight excluding hydrogens is 324 g/mol. The molecule has 0 bridgehead atoms. The van der Waals surface area contributed by atoms with Crippen LogP contribution in [0.25, 0.3) is 0 Å². The van der Waals surface area contributed by atoms with Crippen molar-refractivity contribution < 1.29 is 9.50 Å². The van der Waals surface area contributed by atoms with Gasteiger partial charge in [0, 0.05) is 0 Å². The Morgan fingerprint density at radius 3 is 2.12 bits per heavy atom. The van der Waals surface area contributed by atoms with Crippen LogP contribution in [0.15, 0.2) is 24.3 Å². The van der Waals surface area contributed by atoms with Crippen LogP contribution in [0.4, 0.5) is 4.39 Å². The van der Waals surface area contributed by atoms with Crippen LogP contribution in [-0.4, -0.2) is 43.2 Å². The van der Waals surface area contributed by atoms with E-state index in [4.69, 9.17) is 0 Å². The molecule has 2 atom stereocenters. The van der Waals surface area contributed by atoms with Gasteiger partial charge in [0.05, 0.1) is 0 Å². The first-order valence-corrected chi connectivity index (χ1v) is 15.9. The molecule has 0 heterocycles. The molecule has 17 heavy (non-hydrogen) atoms. The minimum absolute atomic E-state index is 0.529. The molecule has 1 rings (SSSR count). The summed E-state index contributed by atoms with van der Waals surface area (Å²) in [6, 6.07) is 7.47. The van der Waals surface area contributed by atoms with Crippen LogP contribution in [0.2, 0.25) is 14.8 Å². The number of nitrogens with one attached hydrogen (secondary N) is 1. The van der Waals surface area contributed by atoms with Crippen LogP contribution in [-0.2, 0) is 0 Å². The number of hydrogen-bond donors (Lipinski definition) is 2. The first kappa shape index (κ1) is 14.9. The van der Waals surface area contributed by atoms with E-state index in [0.717, 1.165) is 5.56 Å². The van der Waals surface area contributed by atoms with E-state index in [1.807, 2.05) is 12.1 Å². The van der Waals surface area contributed by atoms with Gasteiger partial charge < -0.3 is 0 Å². The van der Waals surface area contributed by atoms with Crippen molar-refractivity contribution >= 4 is 22.0 Å². The summed E-state index contributed by atoms with van der Waals surface area (Å²) in [5, 5.41) is 12.8. The summed E-state index contributed by atoms with van der Waals surface area (Å²) >= 11 is -2.02. The van der Waals surface area contributed by atoms with Crippen molar-refractivity contribution in [3.8, 4) is 0 Å². The van der Waals surface area contributed by atoms with Gasteiger partial charge in [-0.15, -0.1) is 0 Å². The van der Waals surface area contributed by atoms with Crippen molar-refractivity contribution in [1.82, 2.24) is 5.32 Å². The fraction of sp³-hybridized carbons (Fsp3) is 0.538. The zero-order valence-electron chi connectivity index (χ0n) is 11.0. The van der Waals surface area contributed by atoms with E-state index in [1.54, 1.807) is 7.05 Å². The second kappa shape index (κ2) is 6.16. The molecule has 4 heteroatoms. The van der Waals surface area contributed by atoms with Gasteiger partial charge in [-0.25, -0.2) is 0 Å². The van der Waals surface area contributed by atoms with Gasteiger partial charge in [-0.3, -0.25) is 0 Å². The molecule has 1 aromatic rings. The van der Waals surface area contributed by atoms with E-state index in [-0.39, 0.29) is 0 Å². The summed E-state index contributed by atoms with van der Waals surface area (Å²) in [7, 11) is 1.66. The minimum atomic E-state index is -2.02. The summed E-state index contributed by atoms with van der Waals surface area (Å²) in [5.41, 5.74) is 0.779. The number of alkyl halides is 1. The Hall–Kier alpha value is -0.131. The molecule has 0 aliphatic carbocycles. The summed E-state index contributed by atoms with van der Waals surface area (Å²) in [6.45, 7) is -0.572. The molecule has 2 unspecified atom stereocenters. The quantitative estimate of drug-likeness (QED) is 0.798. The van der Waals surface area contributed by atoms with E-state index in [1.165, 1.54) is 3.58 Å². The third kappa shape index (κ3) is 3.93. The van der Waals surface area contributed by atoms with Gasteiger partial charge in [0.25, 0.3) is 0 Å². The van der Waals surface area contributed by atoms with Crippen molar-refractivity contribution in [2.75, 3.05) is 13.7 Å². The zero-order valence-corrected chi connectivity index (χ0v) is 13.9. The second-order valence-electron chi connectivity index (χ2n) is 5.37. The van der Waals surface area contributed by atoms with Crippen molar-refractivity contribution in [1.29, 1.82) is 0 Å². The van der Waals surface area contributed by atoms with Crippen LogP contribution < -0.4 is 8.90 Å². The van der Waals surface area contributed by atoms with Crippen molar-refractivity contribution in [3.63, 3.8) is 0 Å².